The number of piperazine rings is 1. The first kappa shape index (κ1) is 109. The van der Waals surface area contributed by atoms with Crippen molar-refractivity contribution in [2.45, 2.75) is 325 Å². The number of aliphatic hydroxyl groups is 1. The number of nitrogens with zero attached hydrogens (tertiary/aromatic N) is 15. The van der Waals surface area contributed by atoms with Crippen LogP contribution in [0.2, 0.25) is 0 Å². The normalized spacial score (nSPS) is 24.9. The number of nitriles is 5. The maximum Gasteiger partial charge on any atom is 0.409 e. The van der Waals surface area contributed by atoms with E-state index in [1.807, 2.05) is 109 Å². The molecule has 0 bridgehead atoms. The van der Waals surface area contributed by atoms with E-state index in [2.05, 4.69) is 38.8 Å². The van der Waals surface area contributed by atoms with Gasteiger partial charge in [-0.05, 0) is 141 Å². The Morgan fingerprint density at radius 3 is 0.961 bits per heavy atom. The fraction of sp³-hybridized carbons (Fsp3) is 0.816. The van der Waals surface area contributed by atoms with Gasteiger partial charge in [-0.15, -0.1) is 0 Å². The van der Waals surface area contributed by atoms with E-state index in [0.717, 1.165) is 83.8 Å². The van der Waals surface area contributed by atoms with Gasteiger partial charge in [-0.25, -0.2) is 26.7 Å². The van der Waals surface area contributed by atoms with Crippen LogP contribution in [0, 0.1) is 56.7 Å². The lowest BCUT2D eigenvalue weighted by molar-refractivity contribution is -0.135. The molecule has 10 aliphatic rings. The SMILES string of the molecule is CC(C)(CC(=O)N1CCCC1CO)NCC(=O)N1C[C@@H](F)C[C@H]1C#N.CC(C)(CC(=O)N1CCCCC1)NCC(=O)N1C[C@@H](F)C[C@H]1C#N.CC(C)(CC(=O)NC1CCCC1)NCC(=O)N1C[C@@H](F)C[C@H]1C#N.CCOC(=O)N1CCN(C(=O)CC(C)(C)NCC(=O)N2C[C@@H](F)C[C@H]2C#N)CC1.C[C@@H]1CCCN1C(=O)CC(C)(C)NCC(=O)N1C[C@@H](F)C[C@H]1C#N.S. The number of likely N-dealkylation sites (tertiary alicyclic amines) is 8. The lowest BCUT2D eigenvalue weighted by Gasteiger charge is -2.36. The standard InChI is InChI=1S/C19H30FN5O4.C17H27FN4O3.3C17H27FN4O2.H2S/c1-4-29-18(28)24-7-5-23(6-8-24)16(26)10-19(2,3)22-12-17(27)25-13-14(20)9-15(25)11-21;1-17(2,7-15(24)21-5-3-4-13(21)11-23)20-9-16(25)22-10-12(18)6-14(22)8-19;1-12-5-4-6-21(12)15(23)8-17(2,3)20-10-16(24)22-11-13(18)7-14(22)9-19;1-17(2,8-15(23)21-13-5-3-4-6-13)20-10-16(24)22-11-12(18)7-14(22)9-19;1-17(2,9-15(23)21-6-4-3-5-7-21)20-11-16(24)22-12-13(18)8-14(22)10-19;/h14-15,22H,4-10,12-13H2,1-3H3;12-14,20,23H,3-7,9-11H2,1-2H3;12-14,20H,4-8,10-11H2,1-3H3;12-14,20H,3-8,10-11H2,1-2H3,(H,21,23);13-14,20H,3-9,11-12H2,1-2H3;1H2/t14-,15-;12-,13?,14-;12-,13+,14+;12-,14-;13-,14-;/m00100./s1. The van der Waals surface area contributed by atoms with Crippen LogP contribution in [0.3, 0.4) is 0 Å². The van der Waals surface area contributed by atoms with Crippen LogP contribution in [0.5, 0.6) is 0 Å². The molecular weight excluding hydrogens is 1670 g/mol. The minimum absolute atomic E-state index is 0. The zero-order valence-electron chi connectivity index (χ0n) is 76.4. The summed E-state index contributed by atoms with van der Waals surface area (Å²) in [5.74, 6) is -1.53. The summed E-state index contributed by atoms with van der Waals surface area (Å²) in [4.78, 5) is 150. The summed E-state index contributed by atoms with van der Waals surface area (Å²) in [6, 6.07) is 6.74. The summed E-state index contributed by atoms with van der Waals surface area (Å²) in [6.45, 7) is 27.1. The number of nitrogens with one attached hydrogen (secondary N) is 6. The van der Waals surface area contributed by atoms with E-state index in [1.165, 1.54) is 30.9 Å². The van der Waals surface area contributed by atoms with E-state index in [9.17, 15) is 79.8 Å². The van der Waals surface area contributed by atoms with Gasteiger partial charge in [0.1, 0.15) is 61.1 Å². The average Bonchev–Trinajstić information content (AvgIpc) is 1.81. The molecule has 1 saturated carbocycles. The number of carbonyl (C=O) groups is 11. The number of carbonyl (C=O) groups excluding carboxylic acids is 11. The lowest BCUT2D eigenvalue weighted by atomic mass is 9.98. The van der Waals surface area contributed by atoms with Crippen molar-refractivity contribution in [3.8, 4) is 30.3 Å². The molecule has 9 saturated heterocycles. The zero-order valence-corrected chi connectivity index (χ0v) is 77.4. The van der Waals surface area contributed by atoms with Gasteiger partial charge in [-0.2, -0.15) is 39.8 Å². The first-order chi connectivity index (χ1) is 59.3. The summed E-state index contributed by atoms with van der Waals surface area (Å²) in [7, 11) is 0. The van der Waals surface area contributed by atoms with E-state index in [1.54, 1.807) is 21.6 Å². The highest BCUT2D eigenvalue weighted by Crippen LogP contribution is 2.29. The van der Waals surface area contributed by atoms with E-state index in [-0.39, 0.29) is 220 Å². The van der Waals surface area contributed by atoms with Gasteiger partial charge in [-0.1, -0.05) is 12.8 Å². The summed E-state index contributed by atoms with van der Waals surface area (Å²) >= 11 is 0. The molecule has 9 aliphatic heterocycles. The van der Waals surface area contributed by atoms with Crippen LogP contribution in [0.4, 0.5) is 26.7 Å². The van der Waals surface area contributed by atoms with Gasteiger partial charge in [0.15, 0.2) is 0 Å². The van der Waals surface area contributed by atoms with Crippen LogP contribution in [0.15, 0.2) is 0 Å². The number of piperidine rings is 1. The van der Waals surface area contributed by atoms with Crippen molar-refractivity contribution in [1.29, 1.82) is 26.3 Å². The molecule has 10 fully saturated rings. The fourth-order valence-corrected chi connectivity index (χ4v) is 17.2. The van der Waals surface area contributed by atoms with Gasteiger partial charge in [0, 0.05) is 156 Å². The molecule has 34 nitrogen and oxygen atoms in total. The number of ether oxygens (including phenoxy) is 1. The van der Waals surface area contributed by atoms with Crippen molar-refractivity contribution in [1.82, 2.24) is 80.9 Å². The lowest BCUT2D eigenvalue weighted by Crippen LogP contribution is -2.54. The molecule has 0 aromatic heterocycles. The van der Waals surface area contributed by atoms with Crippen molar-refractivity contribution in [2.75, 3.05) is 131 Å². The molecule has 10 rings (SSSR count). The molecule has 0 radical (unpaired) electrons. The van der Waals surface area contributed by atoms with Gasteiger partial charge >= 0.3 is 6.09 Å². The molecule has 712 valence electrons. The van der Waals surface area contributed by atoms with E-state index >= 15 is 0 Å². The van der Waals surface area contributed by atoms with Gasteiger partial charge in [0.25, 0.3) is 0 Å². The zero-order chi connectivity index (χ0) is 93.6. The second kappa shape index (κ2) is 51.0. The predicted octanol–water partition coefficient (Wildman–Crippen LogP) is 4.52. The number of hydrogen-bond acceptors (Lipinski definition) is 23. The summed E-state index contributed by atoms with van der Waals surface area (Å²) < 4.78 is 72.1. The molecule has 7 N–H and O–H groups in total. The van der Waals surface area contributed by atoms with E-state index in [4.69, 9.17) is 31.0 Å². The molecule has 0 spiro atoms. The minimum Gasteiger partial charge on any atom is -0.450 e. The predicted molar refractivity (Wildman–Crippen MR) is 465 cm³/mol. The van der Waals surface area contributed by atoms with Crippen LogP contribution < -0.4 is 31.9 Å². The molecule has 11 amide bonds. The van der Waals surface area contributed by atoms with Crippen LogP contribution in [-0.2, 0) is 52.7 Å². The van der Waals surface area contributed by atoms with Crippen molar-refractivity contribution < 1.29 is 84.5 Å². The van der Waals surface area contributed by atoms with Gasteiger partial charge < -0.3 is 90.7 Å². The highest BCUT2D eigenvalue weighted by Gasteiger charge is 2.43. The second-order valence-electron chi connectivity index (χ2n) is 37.9. The molecule has 40 heteroatoms. The topological polar surface area (TPSA) is 441 Å². The third-order valence-electron chi connectivity index (χ3n) is 24.5. The van der Waals surface area contributed by atoms with Gasteiger partial charge in [0.05, 0.1) is 115 Å². The second-order valence-corrected chi connectivity index (χ2v) is 37.9. The summed E-state index contributed by atoms with van der Waals surface area (Å²) in [6.07, 6.45) is 6.92. The maximum atomic E-state index is 13.5. The number of halogens is 5. The largest absolute Gasteiger partial charge is 0.450 e. The Morgan fingerprint density at radius 1 is 0.362 bits per heavy atom. The first-order valence-electron chi connectivity index (χ1n) is 44.7. The molecule has 1 aliphatic carbocycles. The summed E-state index contributed by atoms with van der Waals surface area (Å²) in [5, 5.41) is 72.8. The molecule has 1 unspecified atom stereocenters. The van der Waals surface area contributed by atoms with Crippen molar-refractivity contribution in [3.63, 3.8) is 0 Å². The van der Waals surface area contributed by atoms with Crippen LogP contribution in [0.1, 0.15) is 218 Å². The highest BCUT2D eigenvalue weighted by molar-refractivity contribution is 7.59. The molecule has 0 aromatic rings. The van der Waals surface area contributed by atoms with E-state index in [0.29, 0.717) is 52.2 Å². The number of rotatable bonds is 28. The van der Waals surface area contributed by atoms with Gasteiger partial charge in [0.2, 0.25) is 59.1 Å². The van der Waals surface area contributed by atoms with Crippen molar-refractivity contribution >= 4 is 78.7 Å². The fourth-order valence-electron chi connectivity index (χ4n) is 17.2. The monoisotopic (exact) mass is 1810 g/mol. The molecule has 9 heterocycles. The Bertz CT molecular complexity index is 3890. The van der Waals surface area contributed by atoms with Crippen LogP contribution in [0.25, 0.3) is 0 Å². The van der Waals surface area contributed by atoms with Crippen molar-refractivity contribution in [2.24, 2.45) is 0 Å². The Labute approximate surface area is 753 Å². The Kier molecular flexibility index (Phi) is 43.6. The third-order valence-corrected chi connectivity index (χ3v) is 24.5. The van der Waals surface area contributed by atoms with Gasteiger partial charge in [-0.3, -0.25) is 47.9 Å². The molecule has 12 atom stereocenters. The van der Waals surface area contributed by atoms with Crippen molar-refractivity contribution in [3.05, 3.63) is 0 Å². The smallest absolute Gasteiger partial charge is 0.409 e. The maximum absolute atomic E-state index is 13.5. The number of amides is 11. The Hall–Kier alpha value is -8.82. The van der Waals surface area contributed by atoms with E-state index < -0.39 is 88.8 Å². The Balaban J connectivity index is 0.000000281. The molecular formula is C87H140F5N21O13S. The Morgan fingerprint density at radius 2 is 0.654 bits per heavy atom. The third kappa shape index (κ3) is 35.2. The van der Waals surface area contributed by atoms with Crippen LogP contribution in [-0.4, -0.2) is 357 Å². The minimum atomic E-state index is -1.17. The van der Waals surface area contributed by atoms with Crippen LogP contribution >= 0.6 is 13.5 Å². The number of alkyl halides is 5. The molecule has 0 aromatic carbocycles. The number of aliphatic hydroxyl groups excluding tert-OH is 1. The number of hydrogen-bond donors (Lipinski definition) is 7. The first-order valence-corrected chi connectivity index (χ1v) is 44.7. The molecule has 127 heavy (non-hydrogen) atoms. The quantitative estimate of drug-likeness (QED) is 0.0530. The highest BCUT2D eigenvalue weighted by atomic mass is 32.1. The average molecular weight is 1820 g/mol. The summed E-state index contributed by atoms with van der Waals surface area (Å²) in [5.41, 5.74) is -2.88.